The SMILES string of the molecule is CC1CC(NC(=O)c2ccc(C(=O)O)s2)CCO1. The molecule has 1 aliphatic rings. The molecule has 1 aliphatic heterocycles. The Morgan fingerprint density at radius 1 is 1.44 bits per heavy atom. The van der Waals surface area contributed by atoms with Crippen LogP contribution in [-0.2, 0) is 4.74 Å². The second-order valence-corrected chi connectivity index (χ2v) is 5.43. The molecule has 6 heteroatoms. The Kier molecular flexibility index (Phi) is 3.98. The largest absolute Gasteiger partial charge is 0.477 e. The molecule has 18 heavy (non-hydrogen) atoms. The standard InChI is InChI=1S/C12H15NO4S/c1-7-6-8(4-5-17-7)13-11(14)9-2-3-10(18-9)12(15)16/h2-3,7-8H,4-6H2,1H3,(H,13,14)(H,15,16). The number of rotatable bonds is 3. The molecular weight excluding hydrogens is 254 g/mol. The second-order valence-electron chi connectivity index (χ2n) is 4.35. The summed E-state index contributed by atoms with van der Waals surface area (Å²) in [5.74, 6) is -1.20. The summed E-state index contributed by atoms with van der Waals surface area (Å²) in [6, 6.07) is 3.11. The molecule has 1 aromatic heterocycles. The van der Waals surface area contributed by atoms with Crippen molar-refractivity contribution in [3.05, 3.63) is 21.9 Å². The van der Waals surface area contributed by atoms with E-state index >= 15 is 0 Å². The normalized spacial score (nSPS) is 23.6. The lowest BCUT2D eigenvalue weighted by molar-refractivity contribution is 0.0137. The highest BCUT2D eigenvalue weighted by Crippen LogP contribution is 2.18. The fourth-order valence-electron chi connectivity index (χ4n) is 1.96. The Labute approximate surface area is 109 Å². The number of hydrogen-bond acceptors (Lipinski definition) is 4. The van der Waals surface area contributed by atoms with E-state index in [-0.39, 0.29) is 22.9 Å². The summed E-state index contributed by atoms with van der Waals surface area (Å²) in [5.41, 5.74) is 0. The van der Waals surface area contributed by atoms with Gasteiger partial charge in [0.2, 0.25) is 0 Å². The molecule has 2 rings (SSSR count). The molecule has 1 aromatic rings. The number of carbonyl (C=O) groups excluding carboxylic acids is 1. The summed E-state index contributed by atoms with van der Waals surface area (Å²) in [6.07, 6.45) is 1.75. The lowest BCUT2D eigenvalue weighted by Gasteiger charge is -2.27. The Morgan fingerprint density at radius 2 is 2.17 bits per heavy atom. The van der Waals surface area contributed by atoms with Crippen LogP contribution in [0.25, 0.3) is 0 Å². The van der Waals surface area contributed by atoms with Crippen molar-refractivity contribution in [2.24, 2.45) is 0 Å². The van der Waals surface area contributed by atoms with Crippen molar-refractivity contribution in [2.75, 3.05) is 6.61 Å². The number of amides is 1. The van der Waals surface area contributed by atoms with Crippen molar-refractivity contribution in [3.63, 3.8) is 0 Å². The monoisotopic (exact) mass is 269 g/mol. The van der Waals surface area contributed by atoms with E-state index < -0.39 is 5.97 Å². The summed E-state index contributed by atoms with van der Waals surface area (Å²) in [7, 11) is 0. The first-order chi connectivity index (χ1) is 8.56. The Bertz CT molecular complexity index is 457. The highest BCUT2D eigenvalue weighted by molar-refractivity contribution is 7.15. The molecule has 2 atom stereocenters. The number of ether oxygens (including phenoxy) is 1. The van der Waals surface area contributed by atoms with Gasteiger partial charge in [-0.15, -0.1) is 11.3 Å². The molecule has 0 radical (unpaired) electrons. The Balaban J connectivity index is 1.96. The fourth-order valence-corrected chi connectivity index (χ4v) is 2.71. The Hall–Kier alpha value is -1.40. The van der Waals surface area contributed by atoms with Gasteiger partial charge in [0.15, 0.2) is 0 Å². The van der Waals surface area contributed by atoms with Crippen LogP contribution in [-0.4, -0.2) is 35.7 Å². The quantitative estimate of drug-likeness (QED) is 0.876. The van der Waals surface area contributed by atoms with E-state index in [2.05, 4.69) is 5.32 Å². The number of thiophene rings is 1. The topological polar surface area (TPSA) is 75.6 Å². The van der Waals surface area contributed by atoms with Crippen LogP contribution in [0.5, 0.6) is 0 Å². The molecule has 1 fully saturated rings. The second kappa shape index (κ2) is 5.49. The van der Waals surface area contributed by atoms with E-state index in [0.717, 1.165) is 24.2 Å². The maximum Gasteiger partial charge on any atom is 0.345 e. The van der Waals surface area contributed by atoms with Crippen LogP contribution in [0.3, 0.4) is 0 Å². The van der Waals surface area contributed by atoms with E-state index in [1.165, 1.54) is 6.07 Å². The van der Waals surface area contributed by atoms with Gasteiger partial charge in [-0.05, 0) is 31.9 Å². The summed E-state index contributed by atoms with van der Waals surface area (Å²) in [6.45, 7) is 2.63. The highest BCUT2D eigenvalue weighted by atomic mass is 32.1. The van der Waals surface area contributed by atoms with Crippen LogP contribution in [0, 0.1) is 0 Å². The van der Waals surface area contributed by atoms with Crippen LogP contribution < -0.4 is 5.32 Å². The number of aromatic carboxylic acids is 1. The lowest BCUT2D eigenvalue weighted by atomic mass is 10.0. The van der Waals surface area contributed by atoms with E-state index in [1.54, 1.807) is 6.07 Å². The van der Waals surface area contributed by atoms with E-state index in [1.807, 2.05) is 6.92 Å². The van der Waals surface area contributed by atoms with Crippen molar-refractivity contribution in [1.29, 1.82) is 0 Å². The maximum atomic E-state index is 11.9. The minimum absolute atomic E-state index is 0.108. The van der Waals surface area contributed by atoms with Gasteiger partial charge in [0, 0.05) is 12.6 Å². The predicted octanol–water partition coefficient (Wildman–Crippen LogP) is 1.74. The molecule has 0 saturated carbocycles. The molecule has 0 aromatic carbocycles. The molecule has 1 amide bonds. The van der Waals surface area contributed by atoms with Gasteiger partial charge >= 0.3 is 5.97 Å². The van der Waals surface area contributed by atoms with E-state index in [0.29, 0.717) is 11.5 Å². The van der Waals surface area contributed by atoms with Gasteiger partial charge in [0.05, 0.1) is 11.0 Å². The average molecular weight is 269 g/mol. The molecule has 0 bridgehead atoms. The van der Waals surface area contributed by atoms with Gasteiger partial charge in [0.1, 0.15) is 4.88 Å². The summed E-state index contributed by atoms with van der Waals surface area (Å²) in [5, 5.41) is 11.7. The van der Waals surface area contributed by atoms with Crippen LogP contribution in [0.15, 0.2) is 12.1 Å². The number of carbonyl (C=O) groups is 2. The van der Waals surface area contributed by atoms with Crippen molar-refractivity contribution in [3.8, 4) is 0 Å². The third-order valence-electron chi connectivity index (χ3n) is 2.86. The number of nitrogens with one attached hydrogen (secondary N) is 1. The lowest BCUT2D eigenvalue weighted by Crippen LogP contribution is -2.41. The maximum absolute atomic E-state index is 11.9. The molecule has 2 unspecified atom stereocenters. The zero-order valence-corrected chi connectivity index (χ0v) is 10.8. The predicted molar refractivity (Wildman–Crippen MR) is 67.2 cm³/mol. The van der Waals surface area contributed by atoms with Gasteiger partial charge < -0.3 is 15.2 Å². The van der Waals surface area contributed by atoms with E-state index in [4.69, 9.17) is 9.84 Å². The van der Waals surface area contributed by atoms with Gasteiger partial charge in [-0.3, -0.25) is 4.79 Å². The first kappa shape index (κ1) is 13.0. The van der Waals surface area contributed by atoms with Gasteiger partial charge in [0.25, 0.3) is 5.91 Å². The van der Waals surface area contributed by atoms with Gasteiger partial charge in [-0.25, -0.2) is 4.79 Å². The minimum Gasteiger partial charge on any atom is -0.477 e. The van der Waals surface area contributed by atoms with Crippen molar-refractivity contribution in [1.82, 2.24) is 5.32 Å². The molecule has 0 spiro atoms. The number of hydrogen-bond donors (Lipinski definition) is 2. The molecule has 5 nitrogen and oxygen atoms in total. The minimum atomic E-state index is -1.00. The zero-order valence-electron chi connectivity index (χ0n) is 10.0. The van der Waals surface area contributed by atoms with Crippen molar-refractivity contribution < 1.29 is 19.4 Å². The molecular formula is C12H15NO4S. The number of carboxylic acid groups (broad SMARTS) is 1. The smallest absolute Gasteiger partial charge is 0.345 e. The first-order valence-corrected chi connectivity index (χ1v) is 6.63. The molecule has 98 valence electrons. The van der Waals surface area contributed by atoms with Crippen LogP contribution in [0.4, 0.5) is 0 Å². The number of carboxylic acids is 1. The van der Waals surface area contributed by atoms with Crippen LogP contribution in [0.1, 0.15) is 39.1 Å². The van der Waals surface area contributed by atoms with Crippen LogP contribution >= 0.6 is 11.3 Å². The van der Waals surface area contributed by atoms with Crippen molar-refractivity contribution in [2.45, 2.75) is 31.9 Å². The molecule has 2 N–H and O–H groups in total. The summed E-state index contributed by atoms with van der Waals surface area (Å²) in [4.78, 5) is 23.3. The highest BCUT2D eigenvalue weighted by Gasteiger charge is 2.22. The summed E-state index contributed by atoms with van der Waals surface area (Å²) >= 11 is 0.996. The third kappa shape index (κ3) is 3.08. The van der Waals surface area contributed by atoms with Gasteiger partial charge in [-0.2, -0.15) is 0 Å². The zero-order chi connectivity index (χ0) is 13.1. The molecule has 2 heterocycles. The van der Waals surface area contributed by atoms with E-state index in [9.17, 15) is 9.59 Å². The summed E-state index contributed by atoms with van der Waals surface area (Å²) < 4.78 is 5.40. The third-order valence-corrected chi connectivity index (χ3v) is 3.93. The van der Waals surface area contributed by atoms with Crippen LogP contribution in [0.2, 0.25) is 0 Å². The molecule has 0 aliphatic carbocycles. The van der Waals surface area contributed by atoms with Crippen molar-refractivity contribution >= 4 is 23.2 Å². The fraction of sp³-hybridized carbons (Fsp3) is 0.500. The van der Waals surface area contributed by atoms with Gasteiger partial charge in [-0.1, -0.05) is 0 Å². The average Bonchev–Trinajstić information content (AvgIpc) is 2.78. The molecule has 1 saturated heterocycles. The Morgan fingerprint density at radius 3 is 2.78 bits per heavy atom. The first-order valence-electron chi connectivity index (χ1n) is 5.82.